The molecule has 1 radical (unpaired) electrons. The predicted octanol–water partition coefficient (Wildman–Crippen LogP) is 0.693. The van der Waals surface area contributed by atoms with Crippen molar-refractivity contribution in [2.45, 2.75) is 0 Å². The first kappa shape index (κ1) is 9.29. The van der Waals surface area contributed by atoms with Gasteiger partial charge in [-0.05, 0) is 18.0 Å². The molecule has 0 unspecified atom stereocenters. The maximum Gasteiger partial charge on any atom is 0.391 e. The van der Waals surface area contributed by atoms with Crippen LogP contribution in [0.2, 0.25) is 0 Å². The van der Waals surface area contributed by atoms with E-state index in [1.54, 1.807) is 6.26 Å². The number of hydrogen-bond donors (Lipinski definition) is 0. The Morgan fingerprint density at radius 2 is 2.10 bits per heavy atom. The molecule has 0 atom stereocenters. The van der Waals surface area contributed by atoms with Gasteiger partial charge in [-0.25, -0.2) is 4.79 Å². The van der Waals surface area contributed by atoms with E-state index in [1.807, 2.05) is 0 Å². The summed E-state index contributed by atoms with van der Waals surface area (Å²) in [7, 11) is 1.32. The highest BCUT2D eigenvalue weighted by molar-refractivity contribution is 8.12. The highest BCUT2D eigenvalue weighted by Crippen LogP contribution is 2.00. The lowest BCUT2D eigenvalue weighted by molar-refractivity contribution is -0.151. The molecule has 0 bridgehead atoms. The number of hydrogen-bond acceptors (Lipinski definition) is 4. The molecule has 5 heteroatoms. The van der Waals surface area contributed by atoms with Crippen LogP contribution in [0.5, 0.6) is 0 Å². The summed E-state index contributed by atoms with van der Waals surface area (Å²) >= 11 is 0.888. The highest BCUT2D eigenvalue weighted by Gasteiger charge is 2.07. The van der Waals surface area contributed by atoms with Crippen molar-refractivity contribution in [2.24, 2.45) is 0 Å². The van der Waals surface area contributed by atoms with Gasteiger partial charge in [0.1, 0.15) is 0 Å². The van der Waals surface area contributed by atoms with E-state index in [2.05, 4.69) is 11.8 Å². The molecule has 0 aliphatic carbocycles. The van der Waals surface area contributed by atoms with E-state index in [1.165, 1.54) is 7.05 Å². The number of rotatable bonds is 0. The highest BCUT2D eigenvalue weighted by atomic mass is 32.2. The quantitative estimate of drug-likeness (QED) is 0.492. The van der Waals surface area contributed by atoms with Crippen molar-refractivity contribution in [3.8, 4) is 0 Å². The van der Waals surface area contributed by atoms with E-state index in [0.29, 0.717) is 0 Å². The third-order valence-corrected chi connectivity index (χ3v) is 1.14. The second-order valence-corrected chi connectivity index (χ2v) is 2.18. The number of hydroxylamine groups is 2. The molecule has 0 aromatic rings. The standard InChI is InChI=1S/C5H8NO3S/c1-4(7)6(2)9-5(8)10-3/h1H2,2-3H3. The Bertz CT molecular complexity index is 148. The molecule has 4 nitrogen and oxygen atoms in total. The van der Waals surface area contributed by atoms with E-state index in [4.69, 9.17) is 0 Å². The molecule has 0 aromatic heterocycles. The second kappa shape index (κ2) is 4.16. The maximum atomic E-state index is 10.4. The molecule has 0 saturated carbocycles. The van der Waals surface area contributed by atoms with Crippen LogP contribution in [0.1, 0.15) is 0 Å². The molecule has 0 rings (SSSR count). The fraction of sp³-hybridized carbons (Fsp3) is 0.400. The van der Waals surface area contributed by atoms with Crippen LogP contribution in [-0.2, 0) is 9.63 Å². The normalized spacial score (nSPS) is 8.70. The van der Waals surface area contributed by atoms with Gasteiger partial charge in [0, 0.05) is 14.0 Å². The van der Waals surface area contributed by atoms with Crippen molar-refractivity contribution in [1.82, 2.24) is 5.06 Å². The van der Waals surface area contributed by atoms with E-state index in [0.717, 1.165) is 16.8 Å². The number of nitrogens with zero attached hydrogens (tertiary/aromatic N) is 1. The van der Waals surface area contributed by atoms with Gasteiger partial charge in [0.05, 0.1) is 0 Å². The van der Waals surface area contributed by atoms with Crippen molar-refractivity contribution >= 4 is 23.0 Å². The van der Waals surface area contributed by atoms with Gasteiger partial charge in [0.15, 0.2) is 0 Å². The SMILES string of the molecule is [CH2]C(=O)N(C)OC(=O)SC. The molecule has 0 saturated heterocycles. The van der Waals surface area contributed by atoms with Crippen molar-refractivity contribution in [2.75, 3.05) is 13.3 Å². The van der Waals surface area contributed by atoms with Crippen LogP contribution < -0.4 is 0 Å². The second-order valence-electron chi connectivity index (χ2n) is 1.44. The van der Waals surface area contributed by atoms with Gasteiger partial charge in [-0.3, -0.25) is 4.79 Å². The third-order valence-electron chi connectivity index (χ3n) is 0.729. The molecule has 1 amide bonds. The minimum absolute atomic E-state index is 0.528. The van der Waals surface area contributed by atoms with Crippen LogP contribution in [0.25, 0.3) is 0 Å². The monoisotopic (exact) mass is 162 g/mol. The number of amides is 1. The topological polar surface area (TPSA) is 46.6 Å². The van der Waals surface area contributed by atoms with Crippen molar-refractivity contribution in [1.29, 1.82) is 0 Å². The predicted molar refractivity (Wildman–Crippen MR) is 38.1 cm³/mol. The van der Waals surface area contributed by atoms with E-state index in [9.17, 15) is 9.59 Å². The zero-order chi connectivity index (χ0) is 8.15. The van der Waals surface area contributed by atoms with Crippen LogP contribution in [-0.4, -0.2) is 29.6 Å². The Balaban J connectivity index is 3.68. The Hall–Kier alpha value is -0.710. The summed E-state index contributed by atoms with van der Waals surface area (Å²) in [6.45, 7) is 3.03. The molecule has 0 spiro atoms. The molecule has 0 aliphatic heterocycles. The van der Waals surface area contributed by atoms with Crippen molar-refractivity contribution in [3.63, 3.8) is 0 Å². The van der Waals surface area contributed by atoms with Crippen LogP contribution >= 0.6 is 11.8 Å². The van der Waals surface area contributed by atoms with Gasteiger partial charge >= 0.3 is 5.30 Å². The molecule has 0 N–H and O–H groups in total. The maximum absolute atomic E-state index is 10.4. The minimum atomic E-state index is -0.553. The lowest BCUT2D eigenvalue weighted by atomic mass is 10.7. The summed E-state index contributed by atoms with van der Waals surface area (Å²) in [5.41, 5.74) is 0. The summed E-state index contributed by atoms with van der Waals surface area (Å²) in [5.74, 6) is -0.553. The van der Waals surface area contributed by atoms with Gasteiger partial charge in [-0.15, -0.1) is 0 Å². The fourth-order valence-electron chi connectivity index (χ4n) is 0.200. The summed E-state index contributed by atoms with van der Waals surface area (Å²) < 4.78 is 0. The Kier molecular flexibility index (Phi) is 3.87. The number of carbonyl (C=O) groups excluding carboxylic acids is 2. The molecule has 10 heavy (non-hydrogen) atoms. The van der Waals surface area contributed by atoms with Gasteiger partial charge < -0.3 is 4.84 Å². The van der Waals surface area contributed by atoms with Gasteiger partial charge in [0.2, 0.25) is 0 Å². The van der Waals surface area contributed by atoms with E-state index >= 15 is 0 Å². The first-order valence-electron chi connectivity index (χ1n) is 2.43. The average Bonchev–Trinajstić information content (AvgIpc) is 1.87. The summed E-state index contributed by atoms with van der Waals surface area (Å²) in [6, 6.07) is 0. The largest absolute Gasteiger partial charge is 0.391 e. The number of thioether (sulfide) groups is 1. The molecular formula is C5H8NO3S. The summed E-state index contributed by atoms with van der Waals surface area (Å²) in [4.78, 5) is 25.2. The van der Waals surface area contributed by atoms with Gasteiger partial charge in [-0.1, -0.05) is 0 Å². The van der Waals surface area contributed by atoms with Crippen LogP contribution in [0, 0.1) is 6.92 Å². The van der Waals surface area contributed by atoms with Crippen LogP contribution in [0.15, 0.2) is 0 Å². The molecule has 0 heterocycles. The van der Waals surface area contributed by atoms with Crippen LogP contribution in [0.4, 0.5) is 4.79 Å². The molecule has 0 aliphatic rings. The molecular weight excluding hydrogens is 154 g/mol. The summed E-state index contributed by atoms with van der Waals surface area (Å²) in [6.07, 6.45) is 1.56. The molecule has 0 aromatic carbocycles. The van der Waals surface area contributed by atoms with E-state index in [-0.39, 0.29) is 0 Å². The smallest absolute Gasteiger partial charge is 0.327 e. The first-order valence-corrected chi connectivity index (χ1v) is 3.66. The fourth-order valence-corrected chi connectivity index (χ4v) is 0.386. The van der Waals surface area contributed by atoms with Gasteiger partial charge in [0.25, 0.3) is 5.91 Å². The lowest BCUT2D eigenvalue weighted by Gasteiger charge is -2.11. The van der Waals surface area contributed by atoms with Gasteiger partial charge in [-0.2, -0.15) is 5.06 Å². The molecule has 0 fully saturated rings. The van der Waals surface area contributed by atoms with Crippen molar-refractivity contribution in [3.05, 3.63) is 6.92 Å². The first-order chi connectivity index (χ1) is 4.57. The Morgan fingerprint density at radius 1 is 1.60 bits per heavy atom. The minimum Gasteiger partial charge on any atom is -0.327 e. The lowest BCUT2D eigenvalue weighted by Crippen LogP contribution is -2.25. The summed E-state index contributed by atoms with van der Waals surface area (Å²) in [5, 5.41) is 0.248. The van der Waals surface area contributed by atoms with E-state index < -0.39 is 11.2 Å². The Labute approximate surface area is 63.5 Å². The van der Waals surface area contributed by atoms with Crippen LogP contribution in [0.3, 0.4) is 0 Å². The molecule has 57 valence electrons. The zero-order valence-electron chi connectivity index (χ0n) is 5.79. The van der Waals surface area contributed by atoms with Crippen molar-refractivity contribution < 1.29 is 14.4 Å². The third kappa shape index (κ3) is 3.34. The number of carbonyl (C=O) groups is 2. The zero-order valence-corrected chi connectivity index (χ0v) is 6.60. The Morgan fingerprint density at radius 3 is 2.40 bits per heavy atom. The average molecular weight is 162 g/mol.